The zero-order valence-electron chi connectivity index (χ0n) is 12.8. The molecule has 1 unspecified atom stereocenters. The normalized spacial score (nSPS) is 13.6. The molecule has 1 heterocycles. The molecule has 0 amide bonds. The first-order chi connectivity index (χ1) is 11.7. The van der Waals surface area contributed by atoms with Gasteiger partial charge in [0.15, 0.2) is 0 Å². The van der Waals surface area contributed by atoms with E-state index >= 15 is 0 Å². The van der Waals surface area contributed by atoms with E-state index in [2.05, 4.69) is 21.9 Å². The molecular formula is C17H16N4O2S. The van der Waals surface area contributed by atoms with Crippen LogP contribution in [0.2, 0.25) is 0 Å². The maximum absolute atomic E-state index is 10.2. The standard InChI is InChI=1S/C17H16N4O2S/c1-11-20-16-15(23-10-12-5-3-2-4-6-12)8-7-13(17(16)24-11)14(22)9-19-21-18/h2-8,14,20,22H,1,9-10H2. The van der Waals surface area contributed by atoms with E-state index < -0.39 is 6.10 Å². The van der Waals surface area contributed by atoms with Crippen molar-refractivity contribution in [3.8, 4) is 5.75 Å². The third-order valence-corrected chi connectivity index (χ3v) is 4.55. The lowest BCUT2D eigenvalue weighted by molar-refractivity contribution is 0.184. The average molecular weight is 340 g/mol. The summed E-state index contributed by atoms with van der Waals surface area (Å²) in [5, 5.41) is 17.6. The molecule has 6 nitrogen and oxygen atoms in total. The quantitative estimate of drug-likeness (QED) is 0.457. The Bertz CT molecular complexity index is 804. The van der Waals surface area contributed by atoms with Crippen molar-refractivity contribution in [1.82, 2.24) is 0 Å². The summed E-state index contributed by atoms with van der Waals surface area (Å²) in [4.78, 5) is 3.54. The number of aliphatic hydroxyl groups is 1. The van der Waals surface area contributed by atoms with Gasteiger partial charge in [0.2, 0.25) is 0 Å². The number of benzene rings is 2. The van der Waals surface area contributed by atoms with E-state index in [1.165, 1.54) is 11.8 Å². The van der Waals surface area contributed by atoms with Gasteiger partial charge < -0.3 is 15.2 Å². The zero-order chi connectivity index (χ0) is 16.9. The van der Waals surface area contributed by atoms with E-state index in [1.807, 2.05) is 36.4 Å². The maximum Gasteiger partial charge on any atom is 0.144 e. The van der Waals surface area contributed by atoms with Crippen LogP contribution in [0.5, 0.6) is 5.75 Å². The van der Waals surface area contributed by atoms with Crippen LogP contribution in [-0.2, 0) is 6.61 Å². The van der Waals surface area contributed by atoms with E-state index in [-0.39, 0.29) is 6.54 Å². The zero-order valence-corrected chi connectivity index (χ0v) is 13.7. The topological polar surface area (TPSA) is 90.2 Å². The van der Waals surface area contributed by atoms with Gasteiger partial charge in [-0.25, -0.2) is 0 Å². The third-order valence-electron chi connectivity index (χ3n) is 3.55. The van der Waals surface area contributed by atoms with Crippen LogP contribution in [0.1, 0.15) is 17.2 Å². The van der Waals surface area contributed by atoms with E-state index in [9.17, 15) is 5.11 Å². The molecule has 1 aliphatic rings. The molecule has 122 valence electrons. The van der Waals surface area contributed by atoms with Gasteiger partial charge in [-0.05, 0) is 22.7 Å². The molecule has 2 aromatic carbocycles. The summed E-state index contributed by atoms with van der Waals surface area (Å²) in [6, 6.07) is 13.5. The van der Waals surface area contributed by atoms with Gasteiger partial charge in [0, 0.05) is 9.81 Å². The van der Waals surface area contributed by atoms with Gasteiger partial charge in [0.05, 0.1) is 23.4 Å². The largest absolute Gasteiger partial charge is 0.487 e. The third kappa shape index (κ3) is 3.49. The van der Waals surface area contributed by atoms with E-state index in [0.29, 0.717) is 17.9 Å². The molecule has 3 rings (SSSR count). The number of azide groups is 1. The minimum atomic E-state index is -0.863. The summed E-state index contributed by atoms with van der Waals surface area (Å²) in [6.07, 6.45) is -0.863. The van der Waals surface area contributed by atoms with Crippen molar-refractivity contribution in [2.24, 2.45) is 5.11 Å². The number of ether oxygens (including phenoxy) is 1. The predicted octanol–water partition coefficient (Wildman–Crippen LogP) is 4.60. The van der Waals surface area contributed by atoms with Crippen molar-refractivity contribution < 1.29 is 9.84 Å². The molecule has 0 bridgehead atoms. The summed E-state index contributed by atoms with van der Waals surface area (Å²) in [5.74, 6) is 0.694. The van der Waals surface area contributed by atoms with E-state index in [1.54, 1.807) is 6.07 Å². The highest BCUT2D eigenvalue weighted by Gasteiger charge is 2.25. The molecule has 0 aliphatic carbocycles. The van der Waals surface area contributed by atoms with Crippen LogP contribution in [0.4, 0.5) is 5.69 Å². The smallest absolute Gasteiger partial charge is 0.144 e. The number of nitrogens with one attached hydrogen (secondary N) is 1. The lowest BCUT2D eigenvalue weighted by Crippen LogP contribution is -2.04. The first kappa shape index (κ1) is 16.3. The van der Waals surface area contributed by atoms with Gasteiger partial charge in [-0.2, -0.15) is 0 Å². The first-order valence-electron chi connectivity index (χ1n) is 7.35. The molecule has 0 aromatic heterocycles. The number of hydrogen-bond acceptors (Lipinski definition) is 5. The summed E-state index contributed by atoms with van der Waals surface area (Å²) in [5.41, 5.74) is 11.0. The molecular weight excluding hydrogens is 324 g/mol. The molecule has 1 atom stereocenters. The summed E-state index contributed by atoms with van der Waals surface area (Å²) in [6.45, 7) is 4.36. The molecule has 2 aromatic rings. The number of hydrogen-bond donors (Lipinski definition) is 2. The Labute approximate surface area is 143 Å². The minimum Gasteiger partial charge on any atom is -0.487 e. The van der Waals surface area contributed by atoms with Gasteiger partial charge in [0.25, 0.3) is 0 Å². The van der Waals surface area contributed by atoms with Crippen molar-refractivity contribution in [2.45, 2.75) is 17.6 Å². The van der Waals surface area contributed by atoms with Crippen LogP contribution in [0, 0.1) is 0 Å². The Morgan fingerprint density at radius 1 is 1.29 bits per heavy atom. The van der Waals surface area contributed by atoms with Gasteiger partial charge in [-0.3, -0.25) is 0 Å². The van der Waals surface area contributed by atoms with Gasteiger partial charge in [-0.15, -0.1) is 0 Å². The number of fused-ring (bicyclic) bond motifs is 1. The molecule has 0 saturated carbocycles. The Morgan fingerprint density at radius 3 is 2.83 bits per heavy atom. The van der Waals surface area contributed by atoms with Gasteiger partial charge in [0.1, 0.15) is 12.4 Å². The average Bonchev–Trinajstić information content (AvgIpc) is 3.00. The summed E-state index contributed by atoms with van der Waals surface area (Å²) >= 11 is 1.43. The molecule has 0 spiro atoms. The number of anilines is 1. The number of nitrogens with zero attached hydrogens (tertiary/aromatic N) is 3. The molecule has 7 heteroatoms. The molecule has 0 saturated heterocycles. The monoisotopic (exact) mass is 340 g/mol. The van der Waals surface area contributed by atoms with Crippen LogP contribution in [-0.4, -0.2) is 11.7 Å². The van der Waals surface area contributed by atoms with Crippen molar-refractivity contribution in [2.75, 3.05) is 11.9 Å². The highest BCUT2D eigenvalue weighted by Crippen LogP contribution is 2.49. The van der Waals surface area contributed by atoms with Crippen LogP contribution in [0.25, 0.3) is 10.4 Å². The SMILES string of the molecule is C=C1Nc2c(OCc3ccccc3)ccc(C(O)CN=[N+]=[N-])c2S1. The van der Waals surface area contributed by atoms with Crippen molar-refractivity contribution >= 4 is 17.4 Å². The fourth-order valence-corrected chi connectivity index (χ4v) is 3.40. The molecule has 0 radical (unpaired) electrons. The number of thioether (sulfide) groups is 1. The van der Waals surface area contributed by atoms with Crippen LogP contribution in [0.15, 0.2) is 64.1 Å². The van der Waals surface area contributed by atoms with Crippen LogP contribution in [0.3, 0.4) is 0 Å². The highest BCUT2D eigenvalue weighted by molar-refractivity contribution is 8.03. The maximum atomic E-state index is 10.2. The Morgan fingerprint density at radius 2 is 2.08 bits per heavy atom. The van der Waals surface area contributed by atoms with E-state index in [4.69, 9.17) is 10.3 Å². The van der Waals surface area contributed by atoms with Gasteiger partial charge in [-0.1, -0.05) is 59.9 Å². The molecule has 2 N–H and O–H groups in total. The second-order valence-electron chi connectivity index (χ2n) is 5.21. The fraction of sp³-hybridized carbons (Fsp3) is 0.176. The summed E-state index contributed by atoms with van der Waals surface area (Å²) in [7, 11) is 0. The Kier molecular flexibility index (Phi) is 4.96. The Balaban J connectivity index is 1.85. The molecule has 1 aliphatic heterocycles. The first-order valence-corrected chi connectivity index (χ1v) is 8.17. The molecule has 0 fully saturated rings. The van der Waals surface area contributed by atoms with Crippen LogP contribution >= 0.6 is 11.8 Å². The van der Waals surface area contributed by atoms with Crippen LogP contribution < -0.4 is 10.1 Å². The van der Waals surface area contributed by atoms with E-state index in [0.717, 1.165) is 21.2 Å². The summed E-state index contributed by atoms with van der Waals surface area (Å²) < 4.78 is 5.92. The number of aliphatic hydroxyl groups excluding tert-OH is 1. The predicted molar refractivity (Wildman–Crippen MR) is 94.8 cm³/mol. The minimum absolute atomic E-state index is 0.0137. The van der Waals surface area contributed by atoms with Gasteiger partial charge >= 0.3 is 0 Å². The fourth-order valence-electron chi connectivity index (χ4n) is 2.43. The molecule has 24 heavy (non-hydrogen) atoms. The number of rotatable bonds is 6. The lowest BCUT2D eigenvalue weighted by atomic mass is 10.1. The lowest BCUT2D eigenvalue weighted by Gasteiger charge is -2.15. The van der Waals surface area contributed by atoms with Crippen molar-refractivity contribution in [3.05, 3.63) is 75.6 Å². The van der Waals surface area contributed by atoms with Crippen molar-refractivity contribution in [3.63, 3.8) is 0 Å². The highest BCUT2D eigenvalue weighted by atomic mass is 32.2. The second-order valence-corrected chi connectivity index (χ2v) is 6.32. The van der Waals surface area contributed by atoms with Crippen molar-refractivity contribution in [1.29, 1.82) is 0 Å². The Hall–Kier alpha value is -2.60. The second kappa shape index (κ2) is 7.31.